The van der Waals surface area contributed by atoms with Gasteiger partial charge in [0.25, 0.3) is 0 Å². The molecule has 20 heavy (non-hydrogen) atoms. The molecular formula is C13H18ClNO4S. The van der Waals surface area contributed by atoms with Crippen molar-refractivity contribution >= 4 is 21.6 Å². The topological polar surface area (TPSA) is 66.8 Å². The van der Waals surface area contributed by atoms with Crippen LogP contribution >= 0.6 is 11.6 Å². The molecule has 0 spiro atoms. The maximum atomic E-state index is 12.7. The normalized spacial score (nSPS) is 17.3. The number of hydrogen-bond donors (Lipinski definition) is 1. The van der Waals surface area contributed by atoms with Gasteiger partial charge in [0, 0.05) is 7.05 Å². The summed E-state index contributed by atoms with van der Waals surface area (Å²) in [5.74, 6) is 0.439. The number of sulfonamides is 1. The van der Waals surface area contributed by atoms with E-state index >= 15 is 0 Å². The van der Waals surface area contributed by atoms with E-state index in [0.717, 1.165) is 0 Å². The van der Waals surface area contributed by atoms with Crippen LogP contribution in [0.2, 0.25) is 5.02 Å². The molecule has 1 saturated carbocycles. The lowest BCUT2D eigenvalue weighted by Gasteiger charge is -2.26. The highest BCUT2D eigenvalue weighted by molar-refractivity contribution is 7.89. The number of benzene rings is 1. The molecule has 1 fully saturated rings. The molecule has 0 atom stereocenters. The molecule has 112 valence electrons. The van der Waals surface area contributed by atoms with Crippen LogP contribution in [0.25, 0.3) is 0 Å². The van der Waals surface area contributed by atoms with Gasteiger partial charge in [-0.2, -0.15) is 4.31 Å². The molecule has 1 N–H and O–H groups in total. The lowest BCUT2D eigenvalue weighted by molar-refractivity contribution is 0.187. The number of halogens is 1. The summed E-state index contributed by atoms with van der Waals surface area (Å²) < 4.78 is 31.7. The highest BCUT2D eigenvalue weighted by Gasteiger charge is 2.51. The summed E-state index contributed by atoms with van der Waals surface area (Å²) in [4.78, 5) is 0.144. The summed E-state index contributed by atoms with van der Waals surface area (Å²) in [6.07, 6.45) is 1.34. The van der Waals surface area contributed by atoms with Crippen molar-refractivity contribution in [2.75, 3.05) is 20.8 Å². The second-order valence-corrected chi connectivity index (χ2v) is 7.45. The minimum Gasteiger partial charge on any atom is -0.495 e. The molecule has 1 aliphatic carbocycles. The molecule has 0 amide bonds. The van der Waals surface area contributed by atoms with Gasteiger partial charge < -0.3 is 9.84 Å². The number of aliphatic hydroxyl groups is 1. The van der Waals surface area contributed by atoms with Crippen molar-refractivity contribution in [3.63, 3.8) is 0 Å². The Morgan fingerprint density at radius 3 is 2.50 bits per heavy atom. The van der Waals surface area contributed by atoms with Crippen LogP contribution in [0.3, 0.4) is 0 Å². The van der Waals surface area contributed by atoms with Crippen LogP contribution in [0.1, 0.15) is 18.4 Å². The van der Waals surface area contributed by atoms with Gasteiger partial charge in [-0.25, -0.2) is 8.42 Å². The minimum atomic E-state index is -3.69. The van der Waals surface area contributed by atoms with Gasteiger partial charge in [0.1, 0.15) is 5.75 Å². The Balaban J connectivity index is 2.47. The summed E-state index contributed by atoms with van der Waals surface area (Å²) in [6.45, 7) is 1.52. The predicted molar refractivity (Wildman–Crippen MR) is 76.7 cm³/mol. The standard InChI is InChI=1S/C13H18ClNO4S/c1-9-6-11(19-3)10(14)7-12(9)20(17,18)15(2)13(8-16)4-5-13/h6-7,16H,4-5,8H2,1-3H3. The first kappa shape index (κ1) is 15.6. The number of ether oxygens (including phenoxy) is 1. The quantitative estimate of drug-likeness (QED) is 0.898. The van der Waals surface area contributed by atoms with Crippen molar-refractivity contribution in [3.8, 4) is 5.75 Å². The summed E-state index contributed by atoms with van der Waals surface area (Å²) in [7, 11) is -0.717. The maximum Gasteiger partial charge on any atom is 0.243 e. The lowest BCUT2D eigenvalue weighted by atomic mass is 10.2. The van der Waals surface area contributed by atoms with Crippen LogP contribution < -0.4 is 4.74 Å². The molecule has 7 heteroatoms. The second kappa shape index (κ2) is 5.18. The number of aryl methyl sites for hydroxylation is 1. The Morgan fingerprint density at radius 2 is 2.05 bits per heavy atom. The molecule has 0 unspecified atom stereocenters. The molecule has 1 aromatic rings. The molecule has 1 aliphatic rings. The third kappa shape index (κ3) is 2.41. The van der Waals surface area contributed by atoms with Crippen LogP contribution in [0.15, 0.2) is 17.0 Å². The third-order valence-corrected chi connectivity index (χ3v) is 6.28. The Labute approximate surface area is 124 Å². The smallest absolute Gasteiger partial charge is 0.243 e. The summed E-state index contributed by atoms with van der Waals surface area (Å²) in [5, 5.41) is 9.64. The molecule has 0 aromatic heterocycles. The van der Waals surface area contributed by atoms with Gasteiger partial charge in [-0.05, 0) is 37.5 Å². The first-order valence-corrected chi connectivity index (χ1v) is 8.04. The average Bonchev–Trinajstić information content (AvgIpc) is 3.20. The number of nitrogens with zero attached hydrogens (tertiary/aromatic N) is 1. The summed E-state index contributed by atoms with van der Waals surface area (Å²) >= 11 is 6.02. The molecule has 2 rings (SSSR count). The monoisotopic (exact) mass is 319 g/mol. The predicted octanol–water partition coefficient (Wildman–Crippen LogP) is 1.80. The van der Waals surface area contributed by atoms with Crippen molar-refractivity contribution < 1.29 is 18.3 Å². The lowest BCUT2D eigenvalue weighted by Crippen LogP contribution is -2.41. The van der Waals surface area contributed by atoms with E-state index in [1.165, 1.54) is 24.5 Å². The fraction of sp³-hybridized carbons (Fsp3) is 0.538. The molecule has 0 saturated heterocycles. The Kier molecular flexibility index (Phi) is 4.03. The van der Waals surface area contributed by atoms with Gasteiger partial charge in [-0.1, -0.05) is 11.6 Å². The molecule has 0 bridgehead atoms. The third-order valence-electron chi connectivity index (χ3n) is 3.88. The van der Waals surface area contributed by atoms with E-state index in [0.29, 0.717) is 24.2 Å². The Morgan fingerprint density at radius 1 is 1.45 bits per heavy atom. The van der Waals surface area contributed by atoms with Crippen molar-refractivity contribution in [1.82, 2.24) is 4.31 Å². The van der Waals surface area contributed by atoms with E-state index < -0.39 is 15.6 Å². The van der Waals surface area contributed by atoms with Gasteiger partial charge in [0.15, 0.2) is 0 Å². The van der Waals surface area contributed by atoms with Crippen molar-refractivity contribution in [2.45, 2.75) is 30.2 Å². The van der Waals surface area contributed by atoms with Gasteiger partial charge in [-0.3, -0.25) is 0 Å². The zero-order valence-electron chi connectivity index (χ0n) is 11.7. The highest BCUT2D eigenvalue weighted by atomic mass is 35.5. The van der Waals surface area contributed by atoms with E-state index in [1.54, 1.807) is 13.0 Å². The minimum absolute atomic E-state index is 0.144. The van der Waals surface area contributed by atoms with Gasteiger partial charge in [0.05, 0.1) is 29.2 Å². The number of aliphatic hydroxyl groups excluding tert-OH is 1. The molecule has 0 radical (unpaired) electrons. The Bertz CT molecular complexity index is 626. The van der Waals surface area contributed by atoms with E-state index in [4.69, 9.17) is 16.3 Å². The first-order valence-electron chi connectivity index (χ1n) is 6.22. The maximum absolute atomic E-state index is 12.7. The number of likely N-dealkylation sites (N-methyl/N-ethyl adjacent to an activating group) is 1. The van der Waals surface area contributed by atoms with Crippen LogP contribution in [0, 0.1) is 6.92 Å². The number of hydrogen-bond acceptors (Lipinski definition) is 4. The van der Waals surface area contributed by atoms with Crippen LogP contribution in [-0.2, 0) is 10.0 Å². The van der Waals surface area contributed by atoms with Crippen molar-refractivity contribution in [2.24, 2.45) is 0 Å². The van der Waals surface area contributed by atoms with Crippen molar-refractivity contribution in [1.29, 1.82) is 0 Å². The average molecular weight is 320 g/mol. The highest BCUT2D eigenvalue weighted by Crippen LogP contribution is 2.44. The SMILES string of the molecule is COc1cc(C)c(S(=O)(=O)N(C)C2(CO)CC2)cc1Cl. The molecule has 1 aromatic carbocycles. The van der Waals surface area contributed by atoms with Crippen LogP contribution in [0.4, 0.5) is 0 Å². The van der Waals surface area contributed by atoms with E-state index in [1.807, 2.05) is 0 Å². The van der Waals surface area contributed by atoms with Gasteiger partial charge in [-0.15, -0.1) is 0 Å². The molecule has 5 nitrogen and oxygen atoms in total. The first-order chi connectivity index (χ1) is 9.28. The fourth-order valence-electron chi connectivity index (χ4n) is 2.19. The molecular weight excluding hydrogens is 302 g/mol. The van der Waals surface area contributed by atoms with Gasteiger partial charge in [0.2, 0.25) is 10.0 Å². The van der Waals surface area contributed by atoms with Crippen molar-refractivity contribution in [3.05, 3.63) is 22.7 Å². The largest absolute Gasteiger partial charge is 0.495 e. The molecule has 0 heterocycles. The zero-order valence-corrected chi connectivity index (χ0v) is 13.3. The zero-order chi connectivity index (χ0) is 15.1. The van der Waals surface area contributed by atoms with E-state index in [-0.39, 0.29) is 16.5 Å². The number of methoxy groups -OCH3 is 1. The fourth-order valence-corrected chi connectivity index (χ4v) is 4.27. The van der Waals surface area contributed by atoms with Gasteiger partial charge >= 0.3 is 0 Å². The number of rotatable bonds is 5. The van der Waals surface area contributed by atoms with Crippen LogP contribution in [-0.4, -0.2) is 44.1 Å². The van der Waals surface area contributed by atoms with Crippen LogP contribution in [0.5, 0.6) is 5.75 Å². The summed E-state index contributed by atoms with van der Waals surface area (Å²) in [6, 6.07) is 3.00. The summed E-state index contributed by atoms with van der Waals surface area (Å²) in [5.41, 5.74) is -0.0932. The van der Waals surface area contributed by atoms with E-state index in [2.05, 4.69) is 0 Å². The molecule has 0 aliphatic heterocycles. The Hall–Kier alpha value is -0.820. The van der Waals surface area contributed by atoms with E-state index in [9.17, 15) is 13.5 Å². The second-order valence-electron chi connectivity index (χ2n) is 5.11.